The van der Waals surface area contributed by atoms with Crippen LogP contribution in [0, 0.1) is 11.6 Å². The largest absolute Gasteiger partial charge is 0.362 e. The lowest BCUT2D eigenvalue weighted by molar-refractivity contribution is 0.585. The van der Waals surface area contributed by atoms with Gasteiger partial charge in [0, 0.05) is 17.4 Å². The zero-order chi connectivity index (χ0) is 12.3. The minimum atomic E-state index is -0.431. The monoisotopic (exact) mass is 256 g/mol. The minimum Gasteiger partial charge on any atom is -0.362 e. The van der Waals surface area contributed by atoms with Gasteiger partial charge in [0.15, 0.2) is 5.17 Å². The maximum Gasteiger partial charge on any atom is 0.157 e. The van der Waals surface area contributed by atoms with Gasteiger partial charge in [0.1, 0.15) is 11.6 Å². The summed E-state index contributed by atoms with van der Waals surface area (Å²) in [6.45, 7) is 2.25. The van der Waals surface area contributed by atoms with E-state index in [1.165, 1.54) is 6.07 Å². The molecule has 0 spiro atoms. The van der Waals surface area contributed by atoms with Gasteiger partial charge in [-0.05, 0) is 31.5 Å². The summed E-state index contributed by atoms with van der Waals surface area (Å²) in [5.41, 5.74) is 0.290. The lowest BCUT2D eigenvalue weighted by Crippen LogP contribution is -2.35. The zero-order valence-corrected chi connectivity index (χ0v) is 10.4. The van der Waals surface area contributed by atoms with E-state index in [9.17, 15) is 8.78 Å². The Morgan fingerprint density at radius 1 is 1.47 bits per heavy atom. The van der Waals surface area contributed by atoms with Crippen molar-refractivity contribution in [3.05, 3.63) is 35.4 Å². The number of hydrogen-bond acceptors (Lipinski definition) is 2. The number of amidine groups is 1. The third-order valence-electron chi connectivity index (χ3n) is 2.56. The highest BCUT2D eigenvalue weighted by Crippen LogP contribution is 2.16. The molecule has 0 radical (unpaired) electrons. The van der Waals surface area contributed by atoms with Crippen LogP contribution in [0.4, 0.5) is 8.78 Å². The van der Waals surface area contributed by atoms with E-state index in [0.717, 1.165) is 29.5 Å². The average Bonchev–Trinajstić information content (AvgIpc) is 2.30. The van der Waals surface area contributed by atoms with Crippen LogP contribution in [0.3, 0.4) is 0 Å². The topological polar surface area (TPSA) is 24.4 Å². The number of hydrogen-bond donors (Lipinski definition) is 1. The number of nitrogens with zero attached hydrogens (tertiary/aromatic N) is 1. The molecule has 1 N–H and O–H groups in total. The molecule has 2 rings (SSSR count). The molecule has 92 valence electrons. The van der Waals surface area contributed by atoms with Gasteiger partial charge in [0.25, 0.3) is 0 Å². The fourth-order valence-electron chi connectivity index (χ4n) is 1.57. The van der Waals surface area contributed by atoms with Crippen LogP contribution in [0.5, 0.6) is 0 Å². The van der Waals surface area contributed by atoms with E-state index in [1.807, 2.05) is 0 Å². The number of rotatable bonds is 2. The van der Waals surface area contributed by atoms with Gasteiger partial charge in [-0.25, -0.2) is 8.78 Å². The van der Waals surface area contributed by atoms with Crippen molar-refractivity contribution in [2.75, 3.05) is 5.75 Å². The molecular weight excluding hydrogens is 242 g/mol. The van der Waals surface area contributed by atoms with Crippen molar-refractivity contribution in [1.82, 2.24) is 5.32 Å². The maximum atomic E-state index is 13.3. The minimum absolute atomic E-state index is 0.172. The first-order valence-electron chi connectivity index (χ1n) is 5.53. The van der Waals surface area contributed by atoms with Crippen molar-refractivity contribution in [3.8, 4) is 0 Å². The Morgan fingerprint density at radius 2 is 2.29 bits per heavy atom. The molecule has 1 aliphatic rings. The standard InChI is InChI=1S/C12H14F2N2S/c1-8-4-5-17-12(16-8)15-7-9-6-10(13)2-3-11(9)14/h2-3,6,8H,4-5,7H2,1H3,(H,15,16). The van der Waals surface area contributed by atoms with E-state index in [0.29, 0.717) is 6.04 Å². The molecule has 1 aromatic rings. The fraction of sp³-hybridized carbons (Fsp3) is 0.417. The second-order valence-corrected chi connectivity index (χ2v) is 5.12. The Bertz CT molecular complexity index is 435. The molecule has 2 nitrogen and oxygen atoms in total. The Morgan fingerprint density at radius 3 is 3.06 bits per heavy atom. The van der Waals surface area contributed by atoms with Gasteiger partial charge in [-0.3, -0.25) is 4.99 Å². The summed E-state index contributed by atoms with van der Waals surface area (Å²) >= 11 is 1.62. The van der Waals surface area contributed by atoms with Gasteiger partial charge in [0.2, 0.25) is 0 Å². The Balaban J connectivity index is 2.05. The van der Waals surface area contributed by atoms with Crippen molar-refractivity contribution in [3.63, 3.8) is 0 Å². The molecule has 0 bridgehead atoms. The van der Waals surface area contributed by atoms with Gasteiger partial charge in [-0.1, -0.05) is 11.8 Å². The van der Waals surface area contributed by atoms with Crippen molar-refractivity contribution in [1.29, 1.82) is 0 Å². The SMILES string of the molecule is CC1CCSC(=NCc2cc(F)ccc2F)N1. The molecule has 5 heteroatoms. The molecule has 1 unspecified atom stereocenters. The van der Waals surface area contributed by atoms with Crippen molar-refractivity contribution in [2.45, 2.75) is 25.9 Å². The van der Waals surface area contributed by atoms with Crippen LogP contribution in [-0.2, 0) is 6.54 Å². The number of thioether (sulfide) groups is 1. The van der Waals surface area contributed by atoms with Gasteiger partial charge in [-0.2, -0.15) is 0 Å². The van der Waals surface area contributed by atoms with E-state index in [-0.39, 0.29) is 12.1 Å². The first-order chi connectivity index (χ1) is 8.15. The molecule has 1 saturated heterocycles. The summed E-state index contributed by atoms with van der Waals surface area (Å²) in [4.78, 5) is 4.27. The molecular formula is C12H14F2N2S. The van der Waals surface area contributed by atoms with Crippen LogP contribution in [0.1, 0.15) is 18.9 Å². The average molecular weight is 256 g/mol. The highest BCUT2D eigenvalue weighted by atomic mass is 32.2. The van der Waals surface area contributed by atoms with Crippen molar-refractivity contribution < 1.29 is 8.78 Å². The lowest BCUT2D eigenvalue weighted by atomic mass is 10.2. The summed E-state index contributed by atoms with van der Waals surface area (Å²) in [7, 11) is 0. The second kappa shape index (κ2) is 5.49. The van der Waals surface area contributed by atoms with E-state index in [1.54, 1.807) is 11.8 Å². The Labute approximate surface area is 104 Å². The van der Waals surface area contributed by atoms with E-state index in [2.05, 4.69) is 17.2 Å². The molecule has 17 heavy (non-hydrogen) atoms. The third kappa shape index (κ3) is 3.43. The molecule has 1 heterocycles. The lowest BCUT2D eigenvalue weighted by Gasteiger charge is -2.21. The molecule has 0 aliphatic carbocycles. The molecule has 0 amide bonds. The fourth-order valence-corrected chi connectivity index (χ4v) is 2.67. The first kappa shape index (κ1) is 12.4. The van der Waals surface area contributed by atoms with Gasteiger partial charge in [-0.15, -0.1) is 0 Å². The molecule has 1 aromatic carbocycles. The Kier molecular flexibility index (Phi) is 3.99. The quantitative estimate of drug-likeness (QED) is 0.879. The van der Waals surface area contributed by atoms with E-state index < -0.39 is 11.6 Å². The van der Waals surface area contributed by atoms with Crippen LogP contribution in [-0.4, -0.2) is 17.0 Å². The highest BCUT2D eigenvalue weighted by Gasteiger charge is 2.13. The summed E-state index contributed by atoms with van der Waals surface area (Å²) < 4.78 is 26.3. The van der Waals surface area contributed by atoms with Gasteiger partial charge >= 0.3 is 0 Å². The summed E-state index contributed by atoms with van der Waals surface area (Å²) in [6, 6.07) is 3.83. The third-order valence-corrected chi connectivity index (χ3v) is 3.52. The molecule has 0 aromatic heterocycles. The maximum absolute atomic E-state index is 13.3. The molecule has 0 saturated carbocycles. The molecule has 1 atom stereocenters. The van der Waals surface area contributed by atoms with Crippen molar-refractivity contribution in [2.24, 2.45) is 4.99 Å². The van der Waals surface area contributed by atoms with Gasteiger partial charge in [0.05, 0.1) is 6.54 Å². The molecule has 1 aliphatic heterocycles. The molecule has 1 fully saturated rings. The normalized spacial score (nSPS) is 22.5. The van der Waals surface area contributed by atoms with E-state index in [4.69, 9.17) is 0 Å². The predicted molar refractivity (Wildman–Crippen MR) is 67.2 cm³/mol. The first-order valence-corrected chi connectivity index (χ1v) is 6.51. The van der Waals surface area contributed by atoms with E-state index >= 15 is 0 Å². The van der Waals surface area contributed by atoms with Crippen LogP contribution in [0.25, 0.3) is 0 Å². The smallest absolute Gasteiger partial charge is 0.157 e. The van der Waals surface area contributed by atoms with Gasteiger partial charge < -0.3 is 5.32 Å². The number of nitrogens with one attached hydrogen (secondary N) is 1. The van der Waals surface area contributed by atoms with Crippen LogP contribution < -0.4 is 5.32 Å². The zero-order valence-electron chi connectivity index (χ0n) is 9.54. The second-order valence-electron chi connectivity index (χ2n) is 4.04. The summed E-state index contributed by atoms with van der Waals surface area (Å²) in [5, 5.41) is 4.03. The van der Waals surface area contributed by atoms with Crippen LogP contribution in [0.15, 0.2) is 23.2 Å². The predicted octanol–water partition coefficient (Wildman–Crippen LogP) is 2.94. The summed E-state index contributed by atoms with van der Waals surface area (Å²) in [5.74, 6) is 0.169. The summed E-state index contributed by atoms with van der Waals surface area (Å²) in [6.07, 6.45) is 1.10. The Hall–Kier alpha value is -1.10. The number of benzene rings is 1. The van der Waals surface area contributed by atoms with Crippen molar-refractivity contribution >= 4 is 16.9 Å². The van der Waals surface area contributed by atoms with Crippen LogP contribution >= 0.6 is 11.8 Å². The van der Waals surface area contributed by atoms with Crippen LogP contribution in [0.2, 0.25) is 0 Å². The number of halogens is 2. The highest BCUT2D eigenvalue weighted by molar-refractivity contribution is 8.13. The number of aliphatic imine (C=N–C) groups is 1.